The van der Waals surface area contributed by atoms with Crippen molar-refractivity contribution in [2.45, 2.75) is 26.5 Å². The van der Waals surface area contributed by atoms with Gasteiger partial charge in [0.05, 0.1) is 5.01 Å². The predicted molar refractivity (Wildman–Crippen MR) is 96.5 cm³/mol. The summed E-state index contributed by atoms with van der Waals surface area (Å²) in [7, 11) is 3.65. The van der Waals surface area contributed by atoms with Gasteiger partial charge in [0.15, 0.2) is 5.96 Å². The Morgan fingerprint density at radius 2 is 2.08 bits per heavy atom. The first kappa shape index (κ1) is 19.1. The van der Waals surface area contributed by atoms with E-state index in [-0.39, 0.29) is 5.75 Å². The lowest BCUT2D eigenvalue weighted by Gasteiger charge is -2.22. The maximum atomic E-state index is 12.2. The molecule has 25 heavy (non-hydrogen) atoms. The van der Waals surface area contributed by atoms with Crippen molar-refractivity contribution in [3.05, 3.63) is 45.9 Å². The average Bonchev–Trinajstić information content (AvgIpc) is 2.98. The predicted octanol–water partition coefficient (Wildman–Crippen LogP) is 3.30. The lowest BCUT2D eigenvalue weighted by molar-refractivity contribution is -0.0498. The molecule has 1 aromatic carbocycles. The van der Waals surface area contributed by atoms with Crippen LogP contribution in [0.2, 0.25) is 0 Å². The number of alkyl halides is 2. The third-order valence-electron chi connectivity index (χ3n) is 3.43. The topological polar surface area (TPSA) is 49.8 Å². The van der Waals surface area contributed by atoms with Crippen LogP contribution in [-0.4, -0.2) is 43.1 Å². The minimum absolute atomic E-state index is 0.155. The summed E-state index contributed by atoms with van der Waals surface area (Å²) >= 11 is 1.69. The number of aromatic nitrogens is 1. The van der Waals surface area contributed by atoms with Gasteiger partial charge in [-0.15, -0.1) is 11.3 Å². The molecule has 136 valence electrons. The second-order valence-corrected chi connectivity index (χ2v) is 6.79. The highest BCUT2D eigenvalue weighted by atomic mass is 32.1. The third-order valence-corrected chi connectivity index (χ3v) is 4.41. The van der Waals surface area contributed by atoms with Gasteiger partial charge >= 0.3 is 6.61 Å². The lowest BCUT2D eigenvalue weighted by Crippen LogP contribution is -2.39. The third kappa shape index (κ3) is 6.30. The molecule has 0 amide bonds. The van der Waals surface area contributed by atoms with E-state index in [4.69, 9.17) is 0 Å². The normalized spacial score (nSPS) is 11.7. The van der Waals surface area contributed by atoms with E-state index >= 15 is 0 Å². The number of thiazole rings is 1. The van der Waals surface area contributed by atoms with Crippen LogP contribution in [0, 0.1) is 6.92 Å². The van der Waals surface area contributed by atoms with E-state index in [9.17, 15) is 8.78 Å². The zero-order chi connectivity index (χ0) is 18.2. The highest BCUT2D eigenvalue weighted by Gasteiger charge is 2.08. The zero-order valence-electron chi connectivity index (χ0n) is 14.5. The van der Waals surface area contributed by atoms with E-state index in [0.717, 1.165) is 29.5 Å². The summed E-state index contributed by atoms with van der Waals surface area (Å²) in [5.41, 5.74) is 0.975. The van der Waals surface area contributed by atoms with Crippen LogP contribution in [0.25, 0.3) is 0 Å². The molecular formula is C17H22F2N4OS. The van der Waals surface area contributed by atoms with Crippen molar-refractivity contribution in [3.63, 3.8) is 0 Å². The van der Waals surface area contributed by atoms with Crippen LogP contribution < -0.4 is 10.1 Å². The van der Waals surface area contributed by atoms with Crippen molar-refractivity contribution in [3.8, 4) is 5.75 Å². The smallest absolute Gasteiger partial charge is 0.387 e. The van der Waals surface area contributed by atoms with Crippen molar-refractivity contribution in [2.24, 2.45) is 4.99 Å². The maximum Gasteiger partial charge on any atom is 0.387 e. The summed E-state index contributed by atoms with van der Waals surface area (Å²) in [4.78, 5) is 11.8. The number of nitrogens with one attached hydrogen (secondary N) is 1. The number of rotatable bonds is 7. The van der Waals surface area contributed by atoms with Gasteiger partial charge in [0.2, 0.25) is 0 Å². The van der Waals surface area contributed by atoms with Gasteiger partial charge in [-0.2, -0.15) is 8.78 Å². The zero-order valence-corrected chi connectivity index (χ0v) is 15.3. The monoisotopic (exact) mass is 368 g/mol. The number of aliphatic imine (C=N–C) groups is 1. The first-order valence-corrected chi connectivity index (χ1v) is 8.66. The molecule has 0 atom stereocenters. The van der Waals surface area contributed by atoms with E-state index in [2.05, 4.69) is 20.0 Å². The number of aryl methyl sites for hydroxylation is 1. The first-order valence-electron chi connectivity index (χ1n) is 7.84. The molecule has 0 saturated carbocycles. The van der Waals surface area contributed by atoms with Crippen LogP contribution in [0.15, 0.2) is 35.5 Å². The van der Waals surface area contributed by atoms with Crippen LogP contribution in [0.1, 0.15) is 15.4 Å². The summed E-state index contributed by atoms with van der Waals surface area (Å²) in [6, 6.07) is 6.60. The Kier molecular flexibility index (Phi) is 7.12. The van der Waals surface area contributed by atoms with E-state index in [1.54, 1.807) is 30.5 Å². The fourth-order valence-corrected chi connectivity index (χ4v) is 3.09. The molecule has 1 heterocycles. The van der Waals surface area contributed by atoms with Crippen LogP contribution >= 0.6 is 11.3 Å². The van der Waals surface area contributed by atoms with Gasteiger partial charge < -0.3 is 15.0 Å². The average molecular weight is 368 g/mol. The molecule has 0 saturated heterocycles. The van der Waals surface area contributed by atoms with Gasteiger partial charge in [0.1, 0.15) is 5.75 Å². The molecule has 2 aromatic rings. The van der Waals surface area contributed by atoms with Gasteiger partial charge in [-0.1, -0.05) is 12.1 Å². The number of hydrogen-bond acceptors (Lipinski definition) is 4. The van der Waals surface area contributed by atoms with Crippen LogP contribution in [0.3, 0.4) is 0 Å². The molecule has 0 aliphatic heterocycles. The summed E-state index contributed by atoms with van der Waals surface area (Å²) in [6.07, 6.45) is 2.72. The van der Waals surface area contributed by atoms with Gasteiger partial charge in [-0.3, -0.25) is 4.99 Å². The first-order chi connectivity index (χ1) is 12.0. The Labute approximate surface area is 150 Å². The summed E-state index contributed by atoms with van der Waals surface area (Å²) in [6.45, 7) is 0.577. The Hall–Kier alpha value is -2.22. The molecule has 1 N–H and O–H groups in total. The minimum atomic E-state index is -2.81. The summed E-state index contributed by atoms with van der Waals surface area (Å²) < 4.78 is 28.7. The van der Waals surface area contributed by atoms with Crippen LogP contribution in [-0.2, 0) is 13.0 Å². The molecule has 0 fully saturated rings. The Morgan fingerprint density at radius 3 is 2.64 bits per heavy atom. The highest BCUT2D eigenvalue weighted by molar-refractivity contribution is 7.11. The molecule has 8 heteroatoms. The molecule has 0 aliphatic carbocycles. The molecule has 0 unspecified atom stereocenters. The summed E-state index contributed by atoms with van der Waals surface area (Å²) in [5.74, 6) is 0.920. The second-order valence-electron chi connectivity index (χ2n) is 5.47. The number of halogens is 2. The summed E-state index contributed by atoms with van der Waals surface area (Å²) in [5, 5.41) is 4.40. The molecule has 1 aromatic heterocycles. The number of nitrogens with zero attached hydrogens (tertiary/aromatic N) is 3. The quantitative estimate of drug-likeness (QED) is 0.602. The standard InChI is InChI=1S/C17H22F2N4OS/c1-12-10-22-15(25-12)8-9-21-17(20-2)23(3)11-13-4-6-14(7-5-13)24-16(18)19/h4-7,10,16H,8-9,11H2,1-3H3,(H,20,21). The Bertz CT molecular complexity index is 688. The molecule has 0 bridgehead atoms. The largest absolute Gasteiger partial charge is 0.435 e. The van der Waals surface area contributed by atoms with Crippen LogP contribution in [0.5, 0.6) is 5.75 Å². The number of hydrogen-bond donors (Lipinski definition) is 1. The molecule has 2 rings (SSSR count). The Morgan fingerprint density at radius 1 is 1.36 bits per heavy atom. The second kappa shape index (κ2) is 9.31. The minimum Gasteiger partial charge on any atom is -0.435 e. The van der Waals surface area contributed by atoms with Crippen molar-refractivity contribution >= 4 is 17.3 Å². The highest BCUT2D eigenvalue weighted by Crippen LogP contribution is 2.16. The molecule has 0 spiro atoms. The lowest BCUT2D eigenvalue weighted by atomic mass is 10.2. The Balaban J connectivity index is 1.83. The van der Waals surface area contributed by atoms with Crippen LogP contribution in [0.4, 0.5) is 8.78 Å². The fourth-order valence-electron chi connectivity index (χ4n) is 2.31. The number of benzene rings is 1. The van der Waals surface area contributed by atoms with Crippen molar-refractivity contribution in [1.82, 2.24) is 15.2 Å². The van der Waals surface area contributed by atoms with Crippen molar-refractivity contribution in [2.75, 3.05) is 20.6 Å². The molecule has 0 radical (unpaired) electrons. The fraction of sp³-hybridized carbons (Fsp3) is 0.412. The van der Waals surface area contributed by atoms with E-state index < -0.39 is 6.61 Å². The van der Waals surface area contributed by atoms with Crippen molar-refractivity contribution in [1.29, 1.82) is 0 Å². The maximum absolute atomic E-state index is 12.2. The van der Waals surface area contributed by atoms with Gasteiger partial charge in [0, 0.05) is 44.7 Å². The van der Waals surface area contributed by atoms with E-state index in [1.165, 1.54) is 17.0 Å². The van der Waals surface area contributed by atoms with Crippen molar-refractivity contribution < 1.29 is 13.5 Å². The van der Waals surface area contributed by atoms with Gasteiger partial charge in [-0.05, 0) is 24.6 Å². The van der Waals surface area contributed by atoms with Gasteiger partial charge in [-0.25, -0.2) is 4.98 Å². The number of ether oxygens (including phenoxy) is 1. The van der Waals surface area contributed by atoms with E-state index in [1.807, 2.05) is 25.1 Å². The van der Waals surface area contributed by atoms with Gasteiger partial charge in [0.25, 0.3) is 0 Å². The SMILES string of the molecule is CN=C(NCCc1ncc(C)s1)N(C)Cc1ccc(OC(F)F)cc1. The molecule has 5 nitrogen and oxygen atoms in total. The molecular weight excluding hydrogens is 346 g/mol. The number of guanidine groups is 1. The van der Waals surface area contributed by atoms with E-state index in [0.29, 0.717) is 6.54 Å². The molecule has 0 aliphatic rings.